The molecule has 80 valence electrons. The minimum Gasteiger partial charge on any atom is -0.462 e. The van der Waals surface area contributed by atoms with Crippen LogP contribution in [0.1, 0.15) is 36.8 Å². The molecule has 1 aromatic rings. The van der Waals surface area contributed by atoms with Gasteiger partial charge in [0.2, 0.25) is 0 Å². The maximum Gasteiger partial charge on any atom is 0.129 e. The largest absolute Gasteiger partial charge is 0.462 e. The van der Waals surface area contributed by atoms with E-state index in [0.29, 0.717) is 11.7 Å². The van der Waals surface area contributed by atoms with Gasteiger partial charge in [-0.2, -0.15) is 0 Å². The summed E-state index contributed by atoms with van der Waals surface area (Å²) in [6, 6.07) is 3.68. The first kappa shape index (κ1) is 11.6. The van der Waals surface area contributed by atoms with Crippen LogP contribution < -0.4 is 5.73 Å². The number of hydrogen-bond donors (Lipinski definition) is 2. The normalized spacial score (nSPS) is 18.4. The third-order valence-corrected chi connectivity index (χ3v) is 2.82. The minimum absolute atomic E-state index is 0. The number of aliphatic hydroxyl groups excluding tert-OH is 1. The highest BCUT2D eigenvalue weighted by atomic mass is 35.5. The molecule has 3 N–H and O–H groups in total. The second-order valence-corrected chi connectivity index (χ2v) is 3.68. The summed E-state index contributed by atoms with van der Waals surface area (Å²) in [6.07, 6.45) is 3.69. The van der Waals surface area contributed by atoms with Crippen molar-refractivity contribution in [3.8, 4) is 0 Å². The molecule has 1 atom stereocenters. The van der Waals surface area contributed by atoms with E-state index in [1.807, 2.05) is 6.07 Å². The highest BCUT2D eigenvalue weighted by Gasteiger charge is 2.27. The second kappa shape index (κ2) is 4.82. The molecule has 1 saturated carbocycles. The SMILES string of the molecule is Cl.N[C@@H](c1ccc(CO)o1)C1CCC1. The molecule has 0 amide bonds. The van der Waals surface area contributed by atoms with E-state index in [9.17, 15) is 0 Å². The lowest BCUT2D eigenvalue weighted by Gasteiger charge is -2.29. The van der Waals surface area contributed by atoms with Crippen molar-refractivity contribution in [3.63, 3.8) is 0 Å². The van der Waals surface area contributed by atoms with Gasteiger partial charge >= 0.3 is 0 Å². The van der Waals surface area contributed by atoms with Crippen LogP contribution in [-0.2, 0) is 6.61 Å². The van der Waals surface area contributed by atoms with Crippen LogP contribution in [0.5, 0.6) is 0 Å². The molecule has 14 heavy (non-hydrogen) atoms. The average Bonchev–Trinajstić information content (AvgIpc) is 2.48. The molecule has 0 spiro atoms. The van der Waals surface area contributed by atoms with Crippen molar-refractivity contribution in [1.82, 2.24) is 0 Å². The van der Waals surface area contributed by atoms with Crippen LogP contribution in [0, 0.1) is 5.92 Å². The predicted molar refractivity (Wildman–Crippen MR) is 56.1 cm³/mol. The Balaban J connectivity index is 0.000000980. The molecular formula is C10H16ClNO2. The highest BCUT2D eigenvalue weighted by molar-refractivity contribution is 5.85. The standard InChI is InChI=1S/C10H15NO2.ClH/c11-10(7-2-1-3-7)9-5-4-8(6-12)13-9;/h4-5,7,10,12H,1-3,6,11H2;1H/t10-;/m1./s1. The molecule has 1 heterocycles. The smallest absolute Gasteiger partial charge is 0.129 e. The van der Waals surface area contributed by atoms with E-state index in [4.69, 9.17) is 15.3 Å². The van der Waals surface area contributed by atoms with Crippen LogP contribution in [0.2, 0.25) is 0 Å². The summed E-state index contributed by atoms with van der Waals surface area (Å²) < 4.78 is 5.38. The molecule has 0 bridgehead atoms. The molecule has 0 unspecified atom stereocenters. The van der Waals surface area contributed by atoms with Crippen molar-refractivity contribution < 1.29 is 9.52 Å². The van der Waals surface area contributed by atoms with E-state index in [1.54, 1.807) is 6.07 Å². The lowest BCUT2D eigenvalue weighted by molar-refractivity contribution is 0.216. The number of furan rings is 1. The van der Waals surface area contributed by atoms with Gasteiger partial charge in [0.1, 0.15) is 18.1 Å². The molecule has 0 aromatic carbocycles. The molecule has 2 rings (SSSR count). The van der Waals surface area contributed by atoms with Gasteiger partial charge in [0.25, 0.3) is 0 Å². The molecule has 1 aromatic heterocycles. The first-order valence-corrected chi connectivity index (χ1v) is 4.76. The third kappa shape index (κ3) is 2.11. The molecule has 3 nitrogen and oxygen atoms in total. The summed E-state index contributed by atoms with van der Waals surface area (Å²) in [4.78, 5) is 0. The maximum atomic E-state index is 8.81. The van der Waals surface area contributed by atoms with Crippen LogP contribution in [0.3, 0.4) is 0 Å². The summed E-state index contributed by atoms with van der Waals surface area (Å²) in [7, 11) is 0. The maximum absolute atomic E-state index is 8.81. The summed E-state index contributed by atoms with van der Waals surface area (Å²) in [5.41, 5.74) is 5.99. The van der Waals surface area contributed by atoms with Crippen LogP contribution >= 0.6 is 12.4 Å². The van der Waals surface area contributed by atoms with E-state index in [-0.39, 0.29) is 25.1 Å². The van der Waals surface area contributed by atoms with Crippen molar-refractivity contribution in [2.45, 2.75) is 31.9 Å². The van der Waals surface area contributed by atoms with Gasteiger partial charge < -0.3 is 15.3 Å². The Bertz CT molecular complexity index is 283. The second-order valence-electron chi connectivity index (χ2n) is 3.68. The zero-order chi connectivity index (χ0) is 9.26. The van der Waals surface area contributed by atoms with Crippen LogP contribution in [-0.4, -0.2) is 5.11 Å². The van der Waals surface area contributed by atoms with E-state index >= 15 is 0 Å². The molecular weight excluding hydrogens is 202 g/mol. The summed E-state index contributed by atoms with van der Waals surface area (Å²) >= 11 is 0. The van der Waals surface area contributed by atoms with Crippen molar-refractivity contribution in [3.05, 3.63) is 23.7 Å². The molecule has 0 saturated heterocycles. The Morgan fingerprint density at radius 2 is 2.21 bits per heavy atom. The summed E-state index contributed by atoms with van der Waals surface area (Å²) in [5.74, 6) is 2.00. The quantitative estimate of drug-likeness (QED) is 0.814. The molecule has 1 aliphatic rings. The van der Waals surface area contributed by atoms with Crippen LogP contribution in [0.4, 0.5) is 0 Å². The zero-order valence-electron chi connectivity index (χ0n) is 7.98. The van der Waals surface area contributed by atoms with Gasteiger partial charge in [-0.05, 0) is 30.9 Å². The van der Waals surface area contributed by atoms with Gasteiger partial charge in [-0.3, -0.25) is 0 Å². The van der Waals surface area contributed by atoms with E-state index in [0.717, 1.165) is 5.76 Å². The Morgan fingerprint density at radius 3 is 2.64 bits per heavy atom. The van der Waals surface area contributed by atoms with E-state index in [2.05, 4.69) is 0 Å². The number of nitrogens with two attached hydrogens (primary N) is 1. The fourth-order valence-electron chi connectivity index (χ4n) is 1.69. The minimum atomic E-state index is -0.0443. The third-order valence-electron chi connectivity index (χ3n) is 2.82. The van der Waals surface area contributed by atoms with Crippen LogP contribution in [0.15, 0.2) is 16.5 Å². The zero-order valence-corrected chi connectivity index (χ0v) is 8.80. The van der Waals surface area contributed by atoms with E-state index in [1.165, 1.54) is 19.3 Å². The fourth-order valence-corrected chi connectivity index (χ4v) is 1.69. The van der Waals surface area contributed by atoms with Crippen molar-refractivity contribution in [2.24, 2.45) is 11.7 Å². The Hall–Kier alpha value is -0.510. The lowest BCUT2D eigenvalue weighted by Crippen LogP contribution is -2.26. The topological polar surface area (TPSA) is 59.4 Å². The predicted octanol–water partition coefficient (Wildman–Crippen LogP) is 1.99. The number of hydrogen-bond acceptors (Lipinski definition) is 3. The molecule has 0 aliphatic heterocycles. The van der Waals surface area contributed by atoms with Crippen LogP contribution in [0.25, 0.3) is 0 Å². The van der Waals surface area contributed by atoms with Gasteiger partial charge in [0, 0.05) is 0 Å². The molecule has 0 radical (unpaired) electrons. The van der Waals surface area contributed by atoms with Gasteiger partial charge in [-0.1, -0.05) is 6.42 Å². The van der Waals surface area contributed by atoms with Crippen molar-refractivity contribution in [1.29, 1.82) is 0 Å². The first-order valence-electron chi connectivity index (χ1n) is 4.76. The number of rotatable bonds is 3. The molecule has 4 heteroatoms. The number of halogens is 1. The van der Waals surface area contributed by atoms with Gasteiger partial charge in [-0.25, -0.2) is 0 Å². The lowest BCUT2D eigenvalue weighted by atomic mass is 9.79. The monoisotopic (exact) mass is 217 g/mol. The Labute approximate surface area is 89.7 Å². The molecule has 1 aliphatic carbocycles. The van der Waals surface area contributed by atoms with Gasteiger partial charge in [-0.15, -0.1) is 12.4 Å². The first-order chi connectivity index (χ1) is 6.31. The molecule has 1 fully saturated rings. The fraction of sp³-hybridized carbons (Fsp3) is 0.600. The van der Waals surface area contributed by atoms with Gasteiger partial charge in [0.15, 0.2) is 0 Å². The summed E-state index contributed by atoms with van der Waals surface area (Å²) in [6.45, 7) is -0.0443. The summed E-state index contributed by atoms with van der Waals surface area (Å²) in [5, 5.41) is 8.81. The van der Waals surface area contributed by atoms with Gasteiger partial charge in [0.05, 0.1) is 6.04 Å². The average molecular weight is 218 g/mol. The Kier molecular flexibility index (Phi) is 3.98. The van der Waals surface area contributed by atoms with Crippen molar-refractivity contribution in [2.75, 3.05) is 0 Å². The highest BCUT2D eigenvalue weighted by Crippen LogP contribution is 2.36. The van der Waals surface area contributed by atoms with E-state index < -0.39 is 0 Å². The van der Waals surface area contributed by atoms with Crippen molar-refractivity contribution >= 4 is 12.4 Å². The Morgan fingerprint density at radius 1 is 1.50 bits per heavy atom. The number of aliphatic hydroxyl groups is 1.